The van der Waals surface area contributed by atoms with Crippen molar-refractivity contribution in [1.82, 2.24) is 10.6 Å². The van der Waals surface area contributed by atoms with Gasteiger partial charge in [0.1, 0.15) is 0 Å². The fourth-order valence-electron chi connectivity index (χ4n) is 3.42. The second kappa shape index (κ2) is 4.63. The van der Waals surface area contributed by atoms with Gasteiger partial charge in [-0.1, -0.05) is 0 Å². The molecular formula is C12H24N2. The normalized spacial score (nSPS) is 43.3. The summed E-state index contributed by atoms with van der Waals surface area (Å²) in [5.41, 5.74) is 0. The van der Waals surface area contributed by atoms with Crippen LogP contribution in [0.3, 0.4) is 0 Å². The van der Waals surface area contributed by atoms with Gasteiger partial charge in [0, 0.05) is 12.1 Å². The van der Waals surface area contributed by atoms with Crippen LogP contribution < -0.4 is 10.6 Å². The molecule has 2 heteroatoms. The molecule has 14 heavy (non-hydrogen) atoms. The highest BCUT2D eigenvalue weighted by atomic mass is 14.9. The maximum atomic E-state index is 3.45. The summed E-state index contributed by atoms with van der Waals surface area (Å²) < 4.78 is 0. The van der Waals surface area contributed by atoms with E-state index in [9.17, 15) is 0 Å². The SMILES string of the molecule is CNC1CCC2CCC(NC)CC2C1. The van der Waals surface area contributed by atoms with Gasteiger partial charge in [-0.2, -0.15) is 0 Å². The Hall–Kier alpha value is -0.0800. The molecule has 0 aromatic heterocycles. The van der Waals surface area contributed by atoms with Gasteiger partial charge in [-0.15, -0.1) is 0 Å². The molecule has 0 amide bonds. The second-order valence-electron chi connectivity index (χ2n) is 5.12. The smallest absolute Gasteiger partial charge is 0.00669 e. The third-order valence-corrected chi connectivity index (χ3v) is 4.43. The van der Waals surface area contributed by atoms with E-state index in [-0.39, 0.29) is 0 Å². The first kappa shape index (κ1) is 10.4. The number of hydrogen-bond acceptors (Lipinski definition) is 2. The lowest BCUT2D eigenvalue weighted by Crippen LogP contribution is -2.42. The average Bonchev–Trinajstić information content (AvgIpc) is 2.27. The van der Waals surface area contributed by atoms with Crippen molar-refractivity contribution < 1.29 is 0 Å². The molecule has 2 fully saturated rings. The lowest BCUT2D eigenvalue weighted by Gasteiger charge is -2.42. The molecule has 0 radical (unpaired) electrons. The molecule has 2 unspecified atom stereocenters. The van der Waals surface area contributed by atoms with E-state index in [1.165, 1.54) is 38.5 Å². The number of nitrogens with one attached hydrogen (secondary N) is 2. The molecule has 2 rings (SSSR count). The van der Waals surface area contributed by atoms with Crippen molar-refractivity contribution in [3.05, 3.63) is 0 Å². The summed E-state index contributed by atoms with van der Waals surface area (Å²) in [6.07, 6.45) is 8.57. The standard InChI is InChI=1S/C12H24N2/c1-13-11-5-3-9-4-6-12(14-2)8-10(9)7-11/h9-14H,3-8H2,1-2H3. The second-order valence-corrected chi connectivity index (χ2v) is 5.12. The fourth-order valence-corrected chi connectivity index (χ4v) is 3.42. The molecule has 2 aliphatic rings. The lowest BCUT2D eigenvalue weighted by atomic mass is 9.68. The van der Waals surface area contributed by atoms with Gasteiger partial charge in [0.25, 0.3) is 0 Å². The van der Waals surface area contributed by atoms with Crippen molar-refractivity contribution in [3.63, 3.8) is 0 Å². The van der Waals surface area contributed by atoms with Gasteiger partial charge in [-0.3, -0.25) is 0 Å². The summed E-state index contributed by atoms with van der Waals surface area (Å²) in [7, 11) is 4.23. The minimum Gasteiger partial charge on any atom is -0.317 e. The third kappa shape index (κ3) is 2.12. The maximum Gasteiger partial charge on any atom is 0.00669 e. The molecule has 2 atom stereocenters. The molecule has 0 bridgehead atoms. The molecule has 2 N–H and O–H groups in total. The van der Waals surface area contributed by atoms with Crippen LogP contribution in [0.25, 0.3) is 0 Å². The molecule has 0 saturated heterocycles. The van der Waals surface area contributed by atoms with E-state index in [2.05, 4.69) is 24.7 Å². The van der Waals surface area contributed by atoms with E-state index in [0.717, 1.165) is 23.9 Å². The van der Waals surface area contributed by atoms with Gasteiger partial charge in [-0.25, -0.2) is 0 Å². The summed E-state index contributed by atoms with van der Waals surface area (Å²) in [6, 6.07) is 1.60. The maximum absolute atomic E-state index is 3.45. The van der Waals surface area contributed by atoms with E-state index in [1.807, 2.05) is 0 Å². The van der Waals surface area contributed by atoms with Crippen molar-refractivity contribution >= 4 is 0 Å². The van der Waals surface area contributed by atoms with Crippen LogP contribution in [0.5, 0.6) is 0 Å². The van der Waals surface area contributed by atoms with Gasteiger partial charge >= 0.3 is 0 Å². The Morgan fingerprint density at radius 3 is 1.64 bits per heavy atom. The first-order chi connectivity index (χ1) is 6.83. The summed E-state index contributed by atoms with van der Waals surface area (Å²) in [6.45, 7) is 0. The van der Waals surface area contributed by atoms with Crippen molar-refractivity contribution in [2.24, 2.45) is 11.8 Å². The molecule has 0 aromatic rings. The quantitative estimate of drug-likeness (QED) is 0.703. The minimum absolute atomic E-state index is 0.798. The van der Waals surface area contributed by atoms with Crippen LogP contribution in [0.2, 0.25) is 0 Å². The number of hydrogen-bond donors (Lipinski definition) is 2. The monoisotopic (exact) mass is 196 g/mol. The van der Waals surface area contributed by atoms with E-state index in [4.69, 9.17) is 0 Å². The Balaban J connectivity index is 1.90. The summed E-state index contributed by atoms with van der Waals surface area (Å²) >= 11 is 0. The number of rotatable bonds is 2. The molecule has 2 nitrogen and oxygen atoms in total. The molecule has 0 spiro atoms. The third-order valence-electron chi connectivity index (χ3n) is 4.43. The Morgan fingerprint density at radius 2 is 1.21 bits per heavy atom. The van der Waals surface area contributed by atoms with Crippen LogP contribution in [0, 0.1) is 11.8 Å². The largest absolute Gasteiger partial charge is 0.317 e. The van der Waals surface area contributed by atoms with Crippen molar-refractivity contribution in [3.8, 4) is 0 Å². The molecule has 2 aliphatic carbocycles. The molecule has 0 aromatic carbocycles. The van der Waals surface area contributed by atoms with Crippen LogP contribution in [-0.2, 0) is 0 Å². The van der Waals surface area contributed by atoms with Crippen LogP contribution >= 0.6 is 0 Å². The fraction of sp³-hybridized carbons (Fsp3) is 1.00. The first-order valence-electron chi connectivity index (χ1n) is 6.18. The molecular weight excluding hydrogens is 172 g/mol. The van der Waals surface area contributed by atoms with Crippen molar-refractivity contribution in [1.29, 1.82) is 0 Å². The summed E-state index contributed by atoms with van der Waals surface area (Å²) in [4.78, 5) is 0. The molecule has 82 valence electrons. The Bertz CT molecular complexity index is 163. The minimum atomic E-state index is 0.798. The lowest BCUT2D eigenvalue weighted by molar-refractivity contribution is 0.127. The molecule has 0 aliphatic heterocycles. The summed E-state index contributed by atoms with van der Waals surface area (Å²) in [5, 5.41) is 6.90. The van der Waals surface area contributed by atoms with Gasteiger partial charge in [0.05, 0.1) is 0 Å². The van der Waals surface area contributed by atoms with Gasteiger partial charge in [0.15, 0.2) is 0 Å². The van der Waals surface area contributed by atoms with Crippen molar-refractivity contribution in [2.75, 3.05) is 14.1 Å². The summed E-state index contributed by atoms with van der Waals surface area (Å²) in [5.74, 6) is 2.04. The highest BCUT2D eigenvalue weighted by molar-refractivity contribution is 4.89. The van der Waals surface area contributed by atoms with Gasteiger partial charge < -0.3 is 10.6 Å². The zero-order chi connectivity index (χ0) is 9.97. The average molecular weight is 196 g/mol. The van der Waals surface area contributed by atoms with E-state index >= 15 is 0 Å². The highest BCUT2D eigenvalue weighted by Gasteiger charge is 2.34. The van der Waals surface area contributed by atoms with Gasteiger partial charge in [-0.05, 0) is 64.5 Å². The first-order valence-corrected chi connectivity index (χ1v) is 6.18. The zero-order valence-electron chi connectivity index (χ0n) is 9.55. The van der Waals surface area contributed by atoms with Crippen LogP contribution in [0.1, 0.15) is 38.5 Å². The number of fused-ring (bicyclic) bond motifs is 1. The van der Waals surface area contributed by atoms with E-state index in [0.29, 0.717) is 0 Å². The van der Waals surface area contributed by atoms with Crippen LogP contribution in [-0.4, -0.2) is 26.2 Å². The predicted octanol–water partition coefficient (Wildman–Crippen LogP) is 1.76. The topological polar surface area (TPSA) is 24.1 Å². The van der Waals surface area contributed by atoms with Gasteiger partial charge in [0.2, 0.25) is 0 Å². The Kier molecular flexibility index (Phi) is 3.45. The Labute approximate surface area is 87.8 Å². The highest BCUT2D eigenvalue weighted by Crippen LogP contribution is 2.40. The molecule has 2 saturated carbocycles. The van der Waals surface area contributed by atoms with Crippen LogP contribution in [0.4, 0.5) is 0 Å². The van der Waals surface area contributed by atoms with E-state index in [1.54, 1.807) is 0 Å². The zero-order valence-corrected chi connectivity index (χ0v) is 9.55. The van der Waals surface area contributed by atoms with E-state index < -0.39 is 0 Å². The Morgan fingerprint density at radius 1 is 0.714 bits per heavy atom. The van der Waals surface area contributed by atoms with Crippen LogP contribution in [0.15, 0.2) is 0 Å². The van der Waals surface area contributed by atoms with Crippen molar-refractivity contribution in [2.45, 2.75) is 50.6 Å². The predicted molar refractivity (Wildman–Crippen MR) is 60.4 cm³/mol. The molecule has 0 heterocycles.